The van der Waals surface area contributed by atoms with E-state index in [9.17, 15) is 4.79 Å². The maximum Gasteiger partial charge on any atom is 0.264 e. The second-order valence-corrected chi connectivity index (χ2v) is 9.48. The molecular weight excluding hydrogens is 422 g/mol. The van der Waals surface area contributed by atoms with E-state index in [-0.39, 0.29) is 5.91 Å². The summed E-state index contributed by atoms with van der Waals surface area (Å²) in [6, 6.07) is 10.5. The molecule has 1 amide bonds. The molecule has 0 saturated carbocycles. The van der Waals surface area contributed by atoms with Gasteiger partial charge in [-0.15, -0.1) is 11.3 Å². The SMILES string of the molecule is Cc1nc(N2CCOCC2)c2c(C)c(C(=O)N3CCN(Cc4ccccc4)CC3)sc2n1. The van der Waals surface area contributed by atoms with Crippen LogP contribution in [0.4, 0.5) is 5.82 Å². The Hall–Kier alpha value is -2.55. The Kier molecular flexibility index (Phi) is 6.08. The van der Waals surface area contributed by atoms with Gasteiger partial charge < -0.3 is 14.5 Å². The van der Waals surface area contributed by atoms with Gasteiger partial charge in [-0.25, -0.2) is 9.97 Å². The third-order valence-electron chi connectivity index (χ3n) is 6.30. The number of amides is 1. The van der Waals surface area contributed by atoms with Gasteiger partial charge in [-0.2, -0.15) is 0 Å². The fourth-order valence-corrected chi connectivity index (χ4v) is 5.71. The van der Waals surface area contributed by atoms with Crippen molar-refractivity contribution in [3.05, 3.63) is 52.2 Å². The monoisotopic (exact) mass is 451 g/mol. The van der Waals surface area contributed by atoms with Gasteiger partial charge >= 0.3 is 0 Å². The molecule has 1 aromatic carbocycles. The van der Waals surface area contributed by atoms with Gasteiger partial charge in [-0.3, -0.25) is 9.69 Å². The normalized spacial score (nSPS) is 17.8. The van der Waals surface area contributed by atoms with E-state index < -0.39 is 0 Å². The molecule has 7 nitrogen and oxygen atoms in total. The quantitative estimate of drug-likeness (QED) is 0.608. The number of aryl methyl sites for hydroxylation is 2. The summed E-state index contributed by atoms with van der Waals surface area (Å²) in [5.41, 5.74) is 2.32. The number of morpholine rings is 1. The molecule has 32 heavy (non-hydrogen) atoms. The first-order valence-electron chi connectivity index (χ1n) is 11.3. The standard InChI is InChI=1S/C24H29N5O2S/c1-17-20-22(28-12-14-31-15-13-28)25-18(2)26-23(20)32-21(17)24(30)29-10-8-27(9-11-29)16-19-6-4-3-5-7-19/h3-7H,8-16H2,1-2H3. The van der Waals surface area contributed by atoms with Crippen LogP contribution in [0.1, 0.15) is 26.6 Å². The van der Waals surface area contributed by atoms with Crippen molar-refractivity contribution in [3.63, 3.8) is 0 Å². The lowest BCUT2D eigenvalue weighted by Gasteiger charge is -2.34. The van der Waals surface area contributed by atoms with Gasteiger partial charge in [0.2, 0.25) is 0 Å². The van der Waals surface area contributed by atoms with Crippen molar-refractivity contribution in [2.75, 3.05) is 57.4 Å². The van der Waals surface area contributed by atoms with Gasteiger partial charge in [0, 0.05) is 45.8 Å². The fourth-order valence-electron chi connectivity index (χ4n) is 4.52. The summed E-state index contributed by atoms with van der Waals surface area (Å²) >= 11 is 1.51. The molecule has 2 saturated heterocycles. The Labute approximate surface area is 192 Å². The third kappa shape index (κ3) is 4.22. The van der Waals surface area contributed by atoms with Crippen molar-refractivity contribution in [1.29, 1.82) is 0 Å². The van der Waals surface area contributed by atoms with Crippen LogP contribution in [0.2, 0.25) is 0 Å². The summed E-state index contributed by atoms with van der Waals surface area (Å²) in [6.07, 6.45) is 0. The number of fused-ring (bicyclic) bond motifs is 1. The predicted octanol–water partition coefficient (Wildman–Crippen LogP) is 3.10. The summed E-state index contributed by atoms with van der Waals surface area (Å²) in [4.78, 5) is 31.3. The molecule has 0 atom stereocenters. The molecule has 2 aliphatic rings. The molecule has 0 N–H and O–H groups in total. The van der Waals surface area contributed by atoms with E-state index in [4.69, 9.17) is 9.72 Å². The molecule has 0 radical (unpaired) electrons. The Bertz CT molecular complexity index is 1100. The first kappa shape index (κ1) is 21.3. The summed E-state index contributed by atoms with van der Waals surface area (Å²) < 4.78 is 5.52. The van der Waals surface area contributed by atoms with Gasteiger partial charge in [0.15, 0.2) is 0 Å². The summed E-state index contributed by atoms with van der Waals surface area (Å²) in [5.74, 6) is 1.81. The van der Waals surface area contributed by atoms with Crippen LogP contribution in [0, 0.1) is 13.8 Å². The summed E-state index contributed by atoms with van der Waals surface area (Å²) in [7, 11) is 0. The number of hydrogen-bond donors (Lipinski definition) is 0. The van der Waals surface area contributed by atoms with Crippen LogP contribution < -0.4 is 4.90 Å². The van der Waals surface area contributed by atoms with Crippen LogP contribution in [-0.2, 0) is 11.3 Å². The average Bonchev–Trinajstić information content (AvgIpc) is 3.16. The Morgan fingerprint density at radius 1 is 1.00 bits per heavy atom. The van der Waals surface area contributed by atoms with E-state index in [0.29, 0.717) is 13.2 Å². The minimum absolute atomic E-state index is 0.121. The van der Waals surface area contributed by atoms with E-state index in [0.717, 1.165) is 78.1 Å². The van der Waals surface area contributed by atoms with E-state index in [1.165, 1.54) is 16.9 Å². The minimum Gasteiger partial charge on any atom is -0.378 e. The molecule has 2 aromatic heterocycles. The van der Waals surface area contributed by atoms with Crippen molar-refractivity contribution >= 4 is 33.3 Å². The highest BCUT2D eigenvalue weighted by Gasteiger charge is 2.28. The van der Waals surface area contributed by atoms with Crippen molar-refractivity contribution in [1.82, 2.24) is 19.8 Å². The van der Waals surface area contributed by atoms with Gasteiger partial charge in [0.1, 0.15) is 16.5 Å². The number of hydrogen-bond acceptors (Lipinski definition) is 7. The number of thiophene rings is 1. The van der Waals surface area contributed by atoms with Crippen molar-refractivity contribution < 1.29 is 9.53 Å². The molecule has 168 valence electrons. The zero-order valence-electron chi connectivity index (χ0n) is 18.7. The second-order valence-electron chi connectivity index (χ2n) is 8.48. The van der Waals surface area contributed by atoms with Crippen LogP contribution in [0.5, 0.6) is 0 Å². The van der Waals surface area contributed by atoms with E-state index in [1.807, 2.05) is 24.8 Å². The number of carbonyl (C=O) groups is 1. The van der Waals surface area contributed by atoms with Crippen molar-refractivity contribution in [2.24, 2.45) is 0 Å². The summed E-state index contributed by atoms with van der Waals surface area (Å²) in [6.45, 7) is 11.2. The van der Waals surface area contributed by atoms with Crippen LogP contribution in [-0.4, -0.2) is 78.2 Å². The highest BCUT2D eigenvalue weighted by Crippen LogP contribution is 2.36. The second kappa shape index (κ2) is 9.13. The largest absolute Gasteiger partial charge is 0.378 e. The average molecular weight is 452 g/mol. The first-order valence-corrected chi connectivity index (χ1v) is 12.1. The molecule has 8 heteroatoms. The Balaban J connectivity index is 1.34. The van der Waals surface area contributed by atoms with Gasteiger partial charge in [-0.05, 0) is 25.0 Å². The predicted molar refractivity (Wildman–Crippen MR) is 128 cm³/mol. The Morgan fingerprint density at radius 3 is 2.44 bits per heavy atom. The number of nitrogens with zero attached hydrogens (tertiary/aromatic N) is 5. The molecule has 3 aromatic rings. The topological polar surface area (TPSA) is 61.8 Å². The smallest absolute Gasteiger partial charge is 0.264 e. The molecule has 0 bridgehead atoms. The van der Waals surface area contributed by atoms with E-state index in [1.54, 1.807) is 0 Å². The molecule has 2 aliphatic heterocycles. The van der Waals surface area contributed by atoms with Crippen LogP contribution >= 0.6 is 11.3 Å². The zero-order chi connectivity index (χ0) is 22.1. The van der Waals surface area contributed by atoms with Gasteiger partial charge in [0.05, 0.1) is 23.5 Å². The van der Waals surface area contributed by atoms with Crippen LogP contribution in [0.3, 0.4) is 0 Å². The third-order valence-corrected chi connectivity index (χ3v) is 7.47. The van der Waals surface area contributed by atoms with Crippen LogP contribution in [0.25, 0.3) is 10.2 Å². The molecule has 4 heterocycles. The number of aromatic nitrogens is 2. The number of anilines is 1. The highest BCUT2D eigenvalue weighted by atomic mass is 32.1. The van der Waals surface area contributed by atoms with Gasteiger partial charge in [-0.1, -0.05) is 30.3 Å². The lowest BCUT2D eigenvalue weighted by Crippen LogP contribution is -2.48. The Morgan fingerprint density at radius 2 is 1.72 bits per heavy atom. The molecule has 5 rings (SSSR count). The van der Waals surface area contributed by atoms with E-state index >= 15 is 0 Å². The lowest BCUT2D eigenvalue weighted by molar-refractivity contribution is 0.0632. The van der Waals surface area contributed by atoms with E-state index in [2.05, 4.69) is 39.0 Å². The summed E-state index contributed by atoms with van der Waals surface area (Å²) in [5, 5.41) is 1.02. The number of rotatable bonds is 4. The highest BCUT2D eigenvalue weighted by molar-refractivity contribution is 7.20. The lowest BCUT2D eigenvalue weighted by atomic mass is 10.1. The zero-order valence-corrected chi connectivity index (χ0v) is 19.5. The van der Waals surface area contributed by atoms with Crippen LogP contribution in [0.15, 0.2) is 30.3 Å². The molecule has 0 spiro atoms. The maximum absolute atomic E-state index is 13.5. The fraction of sp³-hybridized carbons (Fsp3) is 0.458. The number of carbonyl (C=O) groups excluding carboxylic acids is 1. The first-order chi connectivity index (χ1) is 15.6. The van der Waals surface area contributed by atoms with Crippen molar-refractivity contribution in [2.45, 2.75) is 20.4 Å². The van der Waals surface area contributed by atoms with Crippen molar-refractivity contribution in [3.8, 4) is 0 Å². The number of benzene rings is 1. The minimum atomic E-state index is 0.121. The molecular formula is C24H29N5O2S. The van der Waals surface area contributed by atoms with Gasteiger partial charge in [0.25, 0.3) is 5.91 Å². The number of ether oxygens (including phenoxy) is 1. The number of piperazine rings is 1. The maximum atomic E-state index is 13.5. The molecule has 0 aliphatic carbocycles. The molecule has 2 fully saturated rings. The molecule has 0 unspecified atom stereocenters.